The second-order valence-corrected chi connectivity index (χ2v) is 7.59. The van der Waals surface area contributed by atoms with Crippen LogP contribution in [-0.4, -0.2) is 80.4 Å². The lowest BCUT2D eigenvalue weighted by Crippen LogP contribution is -2.51. The van der Waals surface area contributed by atoms with E-state index in [2.05, 4.69) is 0 Å². The van der Waals surface area contributed by atoms with Crippen LogP contribution in [0, 0.1) is 0 Å². The number of piperazine rings is 1. The summed E-state index contributed by atoms with van der Waals surface area (Å²) in [6, 6.07) is 8.30. The SMILES string of the molecule is O=C(CN1CCN(S(=O)(=O)c2ccccc2)CC1)N1CCOC1=O. The first-order chi connectivity index (χ1) is 11.5. The van der Waals surface area contributed by atoms with Gasteiger partial charge in [0, 0.05) is 26.2 Å². The summed E-state index contributed by atoms with van der Waals surface area (Å²) in [5.41, 5.74) is 0. The number of imide groups is 1. The topological polar surface area (TPSA) is 87.2 Å². The first kappa shape index (κ1) is 16.9. The maximum absolute atomic E-state index is 12.5. The zero-order valence-electron chi connectivity index (χ0n) is 13.1. The highest BCUT2D eigenvalue weighted by Crippen LogP contribution is 2.17. The highest BCUT2D eigenvalue weighted by atomic mass is 32.2. The van der Waals surface area contributed by atoms with Crippen molar-refractivity contribution >= 4 is 22.0 Å². The summed E-state index contributed by atoms with van der Waals surface area (Å²) in [6.07, 6.45) is -0.606. The van der Waals surface area contributed by atoms with Crippen LogP contribution in [0.5, 0.6) is 0 Å². The van der Waals surface area contributed by atoms with Crippen LogP contribution >= 0.6 is 0 Å². The summed E-state index contributed by atoms with van der Waals surface area (Å²) in [7, 11) is -3.50. The summed E-state index contributed by atoms with van der Waals surface area (Å²) in [4.78, 5) is 26.7. The third-order valence-corrected chi connectivity index (χ3v) is 6.05. The zero-order valence-corrected chi connectivity index (χ0v) is 13.9. The van der Waals surface area contributed by atoms with E-state index < -0.39 is 16.1 Å². The average molecular weight is 353 g/mol. The van der Waals surface area contributed by atoms with Gasteiger partial charge < -0.3 is 4.74 Å². The molecule has 2 amide bonds. The smallest absolute Gasteiger partial charge is 0.416 e. The fraction of sp³-hybridized carbons (Fsp3) is 0.467. The first-order valence-electron chi connectivity index (χ1n) is 7.73. The molecule has 1 aromatic rings. The Morgan fingerprint density at radius 1 is 1.04 bits per heavy atom. The minimum Gasteiger partial charge on any atom is -0.447 e. The maximum Gasteiger partial charge on any atom is 0.416 e. The molecule has 2 aliphatic heterocycles. The van der Waals surface area contributed by atoms with Gasteiger partial charge in [-0.1, -0.05) is 18.2 Å². The Hall–Kier alpha value is -1.97. The number of carbonyl (C=O) groups is 2. The molecule has 2 saturated heterocycles. The number of ether oxygens (including phenoxy) is 1. The quantitative estimate of drug-likeness (QED) is 0.756. The molecule has 0 saturated carbocycles. The van der Waals surface area contributed by atoms with Gasteiger partial charge in [0.1, 0.15) is 6.61 Å². The highest BCUT2D eigenvalue weighted by Gasteiger charge is 2.32. The van der Waals surface area contributed by atoms with Gasteiger partial charge in [-0.3, -0.25) is 9.69 Å². The van der Waals surface area contributed by atoms with Crippen LogP contribution in [0.25, 0.3) is 0 Å². The van der Waals surface area contributed by atoms with Gasteiger partial charge in [-0.15, -0.1) is 0 Å². The van der Waals surface area contributed by atoms with Gasteiger partial charge in [0.15, 0.2) is 0 Å². The summed E-state index contributed by atoms with van der Waals surface area (Å²) in [5, 5.41) is 0. The Morgan fingerprint density at radius 3 is 2.29 bits per heavy atom. The van der Waals surface area contributed by atoms with Gasteiger partial charge in [-0.2, -0.15) is 4.31 Å². The standard InChI is InChI=1S/C15H19N3O5S/c19-14(18-10-11-23-15(18)20)12-16-6-8-17(9-7-16)24(21,22)13-4-2-1-3-5-13/h1-5H,6-12H2. The molecule has 0 aromatic heterocycles. The molecular weight excluding hydrogens is 334 g/mol. The molecule has 0 radical (unpaired) electrons. The van der Waals surface area contributed by atoms with Crippen molar-refractivity contribution in [1.29, 1.82) is 0 Å². The summed E-state index contributed by atoms with van der Waals surface area (Å²) in [5.74, 6) is -0.308. The van der Waals surface area contributed by atoms with Crippen molar-refractivity contribution in [3.63, 3.8) is 0 Å². The lowest BCUT2D eigenvalue weighted by molar-refractivity contribution is -0.129. The largest absolute Gasteiger partial charge is 0.447 e. The third kappa shape index (κ3) is 3.42. The minimum absolute atomic E-state index is 0.0916. The molecule has 8 nitrogen and oxygen atoms in total. The second kappa shape index (κ2) is 6.88. The number of amides is 2. The lowest BCUT2D eigenvalue weighted by atomic mass is 10.3. The van der Waals surface area contributed by atoms with E-state index in [1.807, 2.05) is 4.90 Å². The first-order valence-corrected chi connectivity index (χ1v) is 9.17. The number of benzene rings is 1. The Labute approximate surface area is 140 Å². The molecule has 0 atom stereocenters. The van der Waals surface area contributed by atoms with Crippen molar-refractivity contribution in [2.75, 3.05) is 45.9 Å². The van der Waals surface area contributed by atoms with E-state index in [9.17, 15) is 18.0 Å². The fourth-order valence-corrected chi connectivity index (χ4v) is 4.21. The van der Waals surface area contributed by atoms with E-state index in [0.29, 0.717) is 26.2 Å². The Kier molecular flexibility index (Phi) is 4.83. The predicted molar refractivity (Wildman–Crippen MR) is 84.7 cm³/mol. The minimum atomic E-state index is -3.50. The van der Waals surface area contributed by atoms with Crippen molar-refractivity contribution in [1.82, 2.24) is 14.1 Å². The molecule has 130 valence electrons. The number of hydrogen-bond acceptors (Lipinski definition) is 6. The van der Waals surface area contributed by atoms with Gasteiger partial charge in [-0.25, -0.2) is 18.1 Å². The van der Waals surface area contributed by atoms with Crippen LogP contribution < -0.4 is 0 Å². The van der Waals surface area contributed by atoms with Gasteiger partial charge >= 0.3 is 6.09 Å². The number of rotatable bonds is 4. The third-order valence-electron chi connectivity index (χ3n) is 4.13. The van der Waals surface area contributed by atoms with E-state index in [0.717, 1.165) is 4.90 Å². The fourth-order valence-electron chi connectivity index (χ4n) is 2.77. The van der Waals surface area contributed by atoms with E-state index in [1.54, 1.807) is 30.3 Å². The zero-order chi connectivity index (χ0) is 17.2. The average Bonchev–Trinajstić information content (AvgIpc) is 3.02. The Morgan fingerprint density at radius 2 is 1.71 bits per heavy atom. The second-order valence-electron chi connectivity index (χ2n) is 5.65. The molecule has 3 rings (SSSR count). The molecule has 0 N–H and O–H groups in total. The molecule has 1 aromatic carbocycles. The van der Waals surface area contributed by atoms with E-state index in [4.69, 9.17) is 4.74 Å². The van der Waals surface area contributed by atoms with Gasteiger partial charge in [0.05, 0.1) is 18.0 Å². The van der Waals surface area contributed by atoms with E-state index in [1.165, 1.54) is 4.31 Å². The molecule has 2 heterocycles. The van der Waals surface area contributed by atoms with Gasteiger partial charge in [-0.05, 0) is 12.1 Å². The number of sulfonamides is 1. The van der Waals surface area contributed by atoms with Crippen LogP contribution in [0.15, 0.2) is 35.2 Å². The van der Waals surface area contributed by atoms with Gasteiger partial charge in [0.25, 0.3) is 0 Å². The van der Waals surface area contributed by atoms with Crippen LogP contribution in [0.1, 0.15) is 0 Å². The van der Waals surface area contributed by atoms with Crippen molar-refractivity contribution in [2.24, 2.45) is 0 Å². The van der Waals surface area contributed by atoms with Gasteiger partial charge in [0.2, 0.25) is 15.9 Å². The molecule has 24 heavy (non-hydrogen) atoms. The van der Waals surface area contributed by atoms with E-state index >= 15 is 0 Å². The molecule has 0 aliphatic carbocycles. The molecule has 0 bridgehead atoms. The normalized spacial score (nSPS) is 20.2. The summed E-state index contributed by atoms with van der Waals surface area (Å²) < 4.78 is 31.2. The molecule has 0 unspecified atom stereocenters. The molecule has 9 heteroatoms. The molecule has 2 aliphatic rings. The Bertz CT molecular complexity index is 714. The molecular formula is C15H19N3O5S. The van der Waals surface area contributed by atoms with Crippen molar-refractivity contribution in [3.8, 4) is 0 Å². The van der Waals surface area contributed by atoms with Crippen molar-refractivity contribution in [2.45, 2.75) is 4.90 Å². The monoisotopic (exact) mass is 353 g/mol. The molecule has 2 fully saturated rings. The van der Waals surface area contributed by atoms with E-state index in [-0.39, 0.29) is 30.5 Å². The van der Waals surface area contributed by atoms with Crippen LogP contribution in [0.3, 0.4) is 0 Å². The lowest BCUT2D eigenvalue weighted by Gasteiger charge is -2.33. The summed E-state index contributed by atoms with van der Waals surface area (Å²) >= 11 is 0. The number of cyclic esters (lactones) is 1. The van der Waals surface area contributed by atoms with Crippen LogP contribution in [0.4, 0.5) is 4.79 Å². The Balaban J connectivity index is 1.56. The maximum atomic E-state index is 12.5. The number of carbonyl (C=O) groups excluding carboxylic acids is 2. The predicted octanol–water partition coefficient (Wildman–Crippen LogP) is -0.0283. The van der Waals surface area contributed by atoms with Crippen molar-refractivity contribution < 1.29 is 22.7 Å². The highest BCUT2D eigenvalue weighted by molar-refractivity contribution is 7.89. The van der Waals surface area contributed by atoms with Crippen molar-refractivity contribution in [3.05, 3.63) is 30.3 Å². The van der Waals surface area contributed by atoms with Crippen LogP contribution in [0.2, 0.25) is 0 Å². The number of hydrogen-bond donors (Lipinski definition) is 0. The number of nitrogens with zero attached hydrogens (tertiary/aromatic N) is 3. The summed E-state index contributed by atoms with van der Waals surface area (Å²) in [6.45, 7) is 2.12. The molecule has 0 spiro atoms. The van der Waals surface area contributed by atoms with Crippen LogP contribution in [-0.2, 0) is 19.6 Å².